The summed E-state index contributed by atoms with van der Waals surface area (Å²) >= 11 is 0. The minimum atomic E-state index is 0.436. The van der Waals surface area contributed by atoms with Gasteiger partial charge < -0.3 is 5.32 Å². The fraction of sp³-hybridized carbons (Fsp3) is 0.300. The molecule has 2 aromatic rings. The van der Waals surface area contributed by atoms with Gasteiger partial charge >= 0.3 is 0 Å². The van der Waals surface area contributed by atoms with E-state index in [1.54, 1.807) is 0 Å². The Labute approximate surface area is 127 Å². The molecule has 1 nitrogen and oxygen atoms in total. The van der Waals surface area contributed by atoms with E-state index in [1.807, 2.05) is 6.08 Å². The molecule has 1 aliphatic heterocycles. The second-order valence-electron chi connectivity index (χ2n) is 5.93. The average molecular weight is 277 g/mol. The van der Waals surface area contributed by atoms with Gasteiger partial charge in [0.1, 0.15) is 0 Å². The molecular weight excluding hydrogens is 254 g/mol. The summed E-state index contributed by atoms with van der Waals surface area (Å²) in [6, 6.07) is 15.3. The van der Waals surface area contributed by atoms with Crippen molar-refractivity contribution in [2.24, 2.45) is 5.92 Å². The van der Waals surface area contributed by atoms with Crippen LogP contribution < -0.4 is 5.32 Å². The second-order valence-corrected chi connectivity index (χ2v) is 5.93. The Morgan fingerprint density at radius 2 is 2.05 bits per heavy atom. The SMILES string of the molecule is C=Cc1cccc2c1[C@H](C(C)CC)c1ccccc1NC2. The molecule has 1 unspecified atom stereocenters. The topological polar surface area (TPSA) is 12.0 Å². The van der Waals surface area contributed by atoms with Crippen LogP contribution in [-0.2, 0) is 6.54 Å². The van der Waals surface area contributed by atoms with E-state index in [1.165, 1.54) is 34.4 Å². The van der Waals surface area contributed by atoms with Crippen LogP contribution in [-0.4, -0.2) is 0 Å². The van der Waals surface area contributed by atoms with Crippen LogP contribution >= 0.6 is 0 Å². The van der Waals surface area contributed by atoms with E-state index in [2.05, 4.69) is 68.2 Å². The Hall–Kier alpha value is -2.02. The third kappa shape index (κ3) is 2.37. The maximum Gasteiger partial charge on any atom is 0.0404 e. The Bertz CT molecular complexity index is 657. The van der Waals surface area contributed by atoms with E-state index < -0.39 is 0 Å². The normalized spacial score (nSPS) is 17.9. The summed E-state index contributed by atoms with van der Waals surface area (Å²) in [5.41, 5.74) is 6.82. The lowest BCUT2D eigenvalue weighted by molar-refractivity contribution is 0.496. The van der Waals surface area contributed by atoms with Gasteiger partial charge in [-0.15, -0.1) is 0 Å². The van der Waals surface area contributed by atoms with Crippen molar-refractivity contribution < 1.29 is 0 Å². The molecule has 0 radical (unpaired) electrons. The third-order valence-corrected chi connectivity index (χ3v) is 4.74. The van der Waals surface area contributed by atoms with Crippen molar-refractivity contribution in [2.75, 3.05) is 5.32 Å². The first-order valence-corrected chi connectivity index (χ1v) is 7.83. The molecule has 0 bridgehead atoms. The van der Waals surface area contributed by atoms with E-state index in [9.17, 15) is 0 Å². The summed E-state index contributed by atoms with van der Waals surface area (Å²) in [7, 11) is 0. The Morgan fingerprint density at radius 3 is 2.81 bits per heavy atom. The minimum Gasteiger partial charge on any atom is -0.381 e. The largest absolute Gasteiger partial charge is 0.381 e. The van der Waals surface area contributed by atoms with Crippen molar-refractivity contribution in [2.45, 2.75) is 32.7 Å². The zero-order valence-corrected chi connectivity index (χ0v) is 12.9. The number of anilines is 1. The predicted molar refractivity (Wildman–Crippen MR) is 91.6 cm³/mol. The van der Waals surface area contributed by atoms with Gasteiger partial charge in [-0.05, 0) is 34.2 Å². The first kappa shape index (κ1) is 13.9. The van der Waals surface area contributed by atoms with Gasteiger partial charge in [0.2, 0.25) is 0 Å². The standard InChI is InChI=1S/C20H23N/c1-4-14(3)19-17-11-6-7-12-18(17)21-13-16-10-8-9-15(5-2)20(16)19/h5-12,14,19,21H,2,4,13H2,1,3H3/t14?,19-/m1/s1. The first-order chi connectivity index (χ1) is 10.3. The van der Waals surface area contributed by atoms with Crippen LogP contribution in [0.3, 0.4) is 0 Å². The summed E-state index contributed by atoms with van der Waals surface area (Å²) in [5, 5.41) is 3.61. The van der Waals surface area contributed by atoms with Crippen molar-refractivity contribution in [1.82, 2.24) is 0 Å². The second kappa shape index (κ2) is 5.77. The maximum atomic E-state index is 4.02. The molecule has 21 heavy (non-hydrogen) atoms. The smallest absolute Gasteiger partial charge is 0.0404 e. The zero-order chi connectivity index (χ0) is 14.8. The van der Waals surface area contributed by atoms with Gasteiger partial charge in [-0.2, -0.15) is 0 Å². The summed E-state index contributed by atoms with van der Waals surface area (Å²) in [6.07, 6.45) is 3.17. The molecule has 1 aliphatic rings. The van der Waals surface area contributed by atoms with Gasteiger partial charge in [-0.25, -0.2) is 0 Å². The van der Waals surface area contributed by atoms with Crippen LogP contribution in [0.15, 0.2) is 49.0 Å². The lowest BCUT2D eigenvalue weighted by Gasteiger charge is -2.27. The number of nitrogens with one attached hydrogen (secondary N) is 1. The van der Waals surface area contributed by atoms with Crippen LogP contribution in [0.1, 0.15) is 48.4 Å². The van der Waals surface area contributed by atoms with Gasteiger partial charge in [0.25, 0.3) is 0 Å². The van der Waals surface area contributed by atoms with E-state index in [0.717, 1.165) is 6.54 Å². The fourth-order valence-electron chi connectivity index (χ4n) is 3.45. The van der Waals surface area contributed by atoms with Gasteiger partial charge in [0.15, 0.2) is 0 Å². The Balaban J connectivity index is 2.27. The van der Waals surface area contributed by atoms with E-state index >= 15 is 0 Å². The van der Waals surface area contributed by atoms with Crippen molar-refractivity contribution in [3.63, 3.8) is 0 Å². The molecule has 0 aliphatic carbocycles. The fourth-order valence-corrected chi connectivity index (χ4v) is 3.45. The highest BCUT2D eigenvalue weighted by atomic mass is 14.9. The van der Waals surface area contributed by atoms with Crippen LogP contribution in [0.25, 0.3) is 6.08 Å². The number of rotatable bonds is 3. The molecule has 0 amide bonds. The number of hydrogen-bond donors (Lipinski definition) is 1. The van der Waals surface area contributed by atoms with Gasteiger partial charge in [0.05, 0.1) is 0 Å². The monoisotopic (exact) mass is 277 g/mol. The van der Waals surface area contributed by atoms with Crippen molar-refractivity contribution in [3.8, 4) is 0 Å². The average Bonchev–Trinajstić information content (AvgIpc) is 2.70. The highest BCUT2D eigenvalue weighted by Gasteiger charge is 2.28. The van der Waals surface area contributed by atoms with Gasteiger partial charge in [0, 0.05) is 18.2 Å². The Morgan fingerprint density at radius 1 is 1.24 bits per heavy atom. The number of para-hydroxylation sites is 1. The molecule has 2 atom stereocenters. The molecule has 2 aromatic carbocycles. The van der Waals surface area contributed by atoms with E-state index in [-0.39, 0.29) is 0 Å². The van der Waals surface area contributed by atoms with Crippen molar-refractivity contribution in [3.05, 3.63) is 71.3 Å². The lowest BCUT2D eigenvalue weighted by atomic mass is 9.77. The lowest BCUT2D eigenvalue weighted by Crippen LogP contribution is -2.13. The molecule has 0 saturated carbocycles. The minimum absolute atomic E-state index is 0.436. The molecule has 0 spiro atoms. The first-order valence-electron chi connectivity index (χ1n) is 7.83. The number of hydrogen-bond acceptors (Lipinski definition) is 1. The van der Waals surface area contributed by atoms with Gasteiger partial charge in [-0.1, -0.05) is 69.3 Å². The third-order valence-electron chi connectivity index (χ3n) is 4.74. The highest BCUT2D eigenvalue weighted by Crippen LogP contribution is 2.43. The van der Waals surface area contributed by atoms with Crippen LogP contribution in [0, 0.1) is 5.92 Å². The van der Waals surface area contributed by atoms with Crippen LogP contribution in [0.5, 0.6) is 0 Å². The van der Waals surface area contributed by atoms with E-state index in [0.29, 0.717) is 11.8 Å². The molecule has 108 valence electrons. The summed E-state index contributed by atoms with van der Waals surface area (Å²) in [6.45, 7) is 9.55. The summed E-state index contributed by atoms with van der Waals surface area (Å²) < 4.78 is 0. The molecule has 0 fully saturated rings. The maximum absolute atomic E-state index is 4.02. The molecule has 1 heteroatoms. The number of benzene rings is 2. The molecule has 0 saturated heterocycles. The quantitative estimate of drug-likeness (QED) is 0.788. The van der Waals surface area contributed by atoms with Crippen molar-refractivity contribution in [1.29, 1.82) is 0 Å². The predicted octanol–water partition coefficient (Wildman–Crippen LogP) is 5.43. The molecule has 1 heterocycles. The summed E-state index contributed by atoms with van der Waals surface area (Å²) in [4.78, 5) is 0. The van der Waals surface area contributed by atoms with Crippen molar-refractivity contribution >= 4 is 11.8 Å². The molecule has 0 aromatic heterocycles. The van der Waals surface area contributed by atoms with Crippen LogP contribution in [0.2, 0.25) is 0 Å². The molecule has 1 N–H and O–H groups in total. The Kier molecular flexibility index (Phi) is 3.83. The summed E-state index contributed by atoms with van der Waals surface area (Å²) in [5.74, 6) is 1.04. The number of fused-ring (bicyclic) bond motifs is 2. The van der Waals surface area contributed by atoms with Crippen LogP contribution in [0.4, 0.5) is 5.69 Å². The highest BCUT2D eigenvalue weighted by molar-refractivity contribution is 5.64. The van der Waals surface area contributed by atoms with Gasteiger partial charge in [-0.3, -0.25) is 0 Å². The molecule has 3 rings (SSSR count). The molecular formula is C20H23N. The zero-order valence-electron chi connectivity index (χ0n) is 12.9. The van der Waals surface area contributed by atoms with E-state index in [4.69, 9.17) is 0 Å².